The van der Waals surface area contributed by atoms with Gasteiger partial charge < -0.3 is 9.84 Å². The monoisotopic (exact) mass is 278 g/mol. The normalized spacial score (nSPS) is 10.6. The summed E-state index contributed by atoms with van der Waals surface area (Å²) in [5.74, 6) is -0.689. The molecule has 0 aliphatic heterocycles. The Morgan fingerprint density at radius 3 is 2.20 bits per heavy atom. The molecule has 0 unspecified atom stereocenters. The second kappa shape index (κ2) is 8.35. The highest BCUT2D eigenvalue weighted by Crippen LogP contribution is 2.09. The number of carboxylic acids is 1. The number of carbonyl (C=O) groups excluding carboxylic acids is 1. The highest BCUT2D eigenvalue weighted by molar-refractivity contribution is 5.92. The van der Waals surface area contributed by atoms with Gasteiger partial charge in [0.1, 0.15) is 0 Å². The lowest BCUT2D eigenvalue weighted by Gasteiger charge is -2.06. The lowest BCUT2D eigenvalue weighted by Crippen LogP contribution is -2.07. The molecule has 0 saturated heterocycles. The van der Waals surface area contributed by atoms with Crippen molar-refractivity contribution >= 4 is 11.9 Å². The quantitative estimate of drug-likeness (QED) is 0.581. The van der Waals surface area contributed by atoms with Crippen molar-refractivity contribution in [2.75, 3.05) is 6.61 Å². The number of unbranched alkanes of at least 4 members (excludes halogenated alkanes) is 2. The van der Waals surface area contributed by atoms with Gasteiger partial charge in [-0.15, -0.1) is 0 Å². The van der Waals surface area contributed by atoms with E-state index in [-0.39, 0.29) is 5.56 Å². The molecule has 4 nitrogen and oxygen atoms in total. The van der Waals surface area contributed by atoms with Crippen LogP contribution in [0.25, 0.3) is 0 Å². The Morgan fingerprint density at radius 1 is 1.05 bits per heavy atom. The van der Waals surface area contributed by atoms with Crippen molar-refractivity contribution in [3.63, 3.8) is 0 Å². The third-order valence-electron chi connectivity index (χ3n) is 3.03. The summed E-state index contributed by atoms with van der Waals surface area (Å²) in [6, 6.07) is 5.76. The Hall–Kier alpha value is -1.84. The van der Waals surface area contributed by atoms with Crippen LogP contribution in [-0.4, -0.2) is 23.7 Å². The Kier molecular flexibility index (Phi) is 6.77. The molecule has 20 heavy (non-hydrogen) atoms. The minimum Gasteiger partial charge on any atom is -0.478 e. The van der Waals surface area contributed by atoms with Gasteiger partial charge in [0.15, 0.2) is 0 Å². The zero-order valence-corrected chi connectivity index (χ0v) is 12.1. The highest BCUT2D eigenvalue weighted by atomic mass is 16.5. The molecular formula is C16H22O4. The number of hydrogen-bond acceptors (Lipinski definition) is 3. The summed E-state index contributed by atoms with van der Waals surface area (Å²) < 4.78 is 5.15. The molecule has 1 aromatic carbocycles. The largest absolute Gasteiger partial charge is 0.478 e. The van der Waals surface area contributed by atoms with Crippen molar-refractivity contribution in [2.24, 2.45) is 5.92 Å². The van der Waals surface area contributed by atoms with Crippen molar-refractivity contribution < 1.29 is 19.4 Å². The fourth-order valence-corrected chi connectivity index (χ4v) is 1.83. The maximum atomic E-state index is 11.7. The number of carbonyl (C=O) groups is 2. The molecule has 1 rings (SSSR count). The summed E-state index contributed by atoms with van der Waals surface area (Å²) in [6.45, 7) is 4.80. The molecule has 0 fully saturated rings. The molecule has 0 heterocycles. The van der Waals surface area contributed by atoms with Crippen LogP contribution in [0, 0.1) is 5.92 Å². The van der Waals surface area contributed by atoms with Crippen LogP contribution >= 0.6 is 0 Å². The molecule has 0 amide bonds. The van der Waals surface area contributed by atoms with Gasteiger partial charge in [-0.25, -0.2) is 9.59 Å². The van der Waals surface area contributed by atoms with Gasteiger partial charge in [0, 0.05) is 0 Å². The molecule has 1 aromatic rings. The topological polar surface area (TPSA) is 63.6 Å². The Balaban J connectivity index is 2.27. The van der Waals surface area contributed by atoms with Crippen LogP contribution in [0.5, 0.6) is 0 Å². The van der Waals surface area contributed by atoms with E-state index in [1.165, 1.54) is 30.7 Å². The third kappa shape index (κ3) is 5.87. The zero-order valence-electron chi connectivity index (χ0n) is 12.1. The van der Waals surface area contributed by atoms with Gasteiger partial charge >= 0.3 is 11.9 Å². The van der Waals surface area contributed by atoms with Crippen LogP contribution in [0.1, 0.15) is 60.2 Å². The fourth-order valence-electron chi connectivity index (χ4n) is 1.83. The second-order valence-corrected chi connectivity index (χ2v) is 5.26. The minimum absolute atomic E-state index is 0.162. The third-order valence-corrected chi connectivity index (χ3v) is 3.03. The molecule has 0 bridgehead atoms. The average molecular weight is 278 g/mol. The maximum Gasteiger partial charge on any atom is 0.338 e. The number of aromatic carboxylic acids is 1. The summed E-state index contributed by atoms with van der Waals surface area (Å²) in [7, 11) is 0. The number of carboxylic acid groups (broad SMARTS) is 1. The lowest BCUT2D eigenvalue weighted by atomic mass is 10.1. The maximum absolute atomic E-state index is 11.7. The van der Waals surface area contributed by atoms with Gasteiger partial charge in [0.25, 0.3) is 0 Å². The first-order valence-electron chi connectivity index (χ1n) is 7.01. The van der Waals surface area contributed by atoms with Gasteiger partial charge in [-0.2, -0.15) is 0 Å². The summed E-state index contributed by atoms with van der Waals surface area (Å²) in [6.07, 6.45) is 4.28. The number of esters is 1. The summed E-state index contributed by atoms with van der Waals surface area (Å²) in [5, 5.41) is 8.76. The van der Waals surface area contributed by atoms with Crippen molar-refractivity contribution in [1.82, 2.24) is 0 Å². The first-order chi connectivity index (χ1) is 9.50. The molecule has 0 atom stereocenters. The van der Waals surface area contributed by atoms with Crippen molar-refractivity contribution in [2.45, 2.75) is 39.5 Å². The van der Waals surface area contributed by atoms with E-state index in [0.29, 0.717) is 18.1 Å². The van der Waals surface area contributed by atoms with E-state index >= 15 is 0 Å². The molecule has 110 valence electrons. The predicted octanol–water partition coefficient (Wildman–Crippen LogP) is 3.76. The van der Waals surface area contributed by atoms with Gasteiger partial charge in [0.05, 0.1) is 17.7 Å². The molecule has 0 saturated carbocycles. The lowest BCUT2D eigenvalue weighted by molar-refractivity contribution is 0.0496. The van der Waals surface area contributed by atoms with Gasteiger partial charge in [0.2, 0.25) is 0 Å². The van der Waals surface area contributed by atoms with Crippen molar-refractivity contribution in [1.29, 1.82) is 0 Å². The van der Waals surface area contributed by atoms with E-state index < -0.39 is 11.9 Å². The second-order valence-electron chi connectivity index (χ2n) is 5.26. The van der Waals surface area contributed by atoms with Gasteiger partial charge in [-0.1, -0.05) is 33.1 Å². The highest BCUT2D eigenvalue weighted by Gasteiger charge is 2.08. The molecule has 1 N–H and O–H groups in total. The molecule has 0 aliphatic rings. The molecule has 0 aliphatic carbocycles. The number of hydrogen-bond donors (Lipinski definition) is 1. The number of ether oxygens (including phenoxy) is 1. The zero-order chi connectivity index (χ0) is 15.0. The van der Waals surface area contributed by atoms with Crippen LogP contribution in [0.3, 0.4) is 0 Å². The van der Waals surface area contributed by atoms with E-state index in [1.807, 2.05) is 0 Å². The van der Waals surface area contributed by atoms with Crippen molar-refractivity contribution in [3.8, 4) is 0 Å². The molecule has 0 radical (unpaired) electrons. The molecular weight excluding hydrogens is 256 g/mol. The van der Waals surface area contributed by atoms with E-state index in [1.54, 1.807) is 0 Å². The van der Waals surface area contributed by atoms with E-state index in [0.717, 1.165) is 19.3 Å². The van der Waals surface area contributed by atoms with Crippen LogP contribution < -0.4 is 0 Å². The average Bonchev–Trinajstić information content (AvgIpc) is 2.42. The van der Waals surface area contributed by atoms with Gasteiger partial charge in [-0.3, -0.25) is 0 Å². The summed E-state index contributed by atoms with van der Waals surface area (Å²) in [5.41, 5.74) is 0.549. The molecule has 0 spiro atoms. The van der Waals surface area contributed by atoms with Crippen LogP contribution in [0.2, 0.25) is 0 Å². The number of rotatable bonds is 8. The van der Waals surface area contributed by atoms with E-state index in [2.05, 4.69) is 13.8 Å². The fraction of sp³-hybridized carbons (Fsp3) is 0.500. The van der Waals surface area contributed by atoms with Gasteiger partial charge in [-0.05, 0) is 36.6 Å². The minimum atomic E-state index is -1.00. The summed E-state index contributed by atoms with van der Waals surface area (Å²) >= 11 is 0. The molecule has 4 heteroatoms. The smallest absolute Gasteiger partial charge is 0.338 e. The van der Waals surface area contributed by atoms with Crippen LogP contribution in [-0.2, 0) is 4.74 Å². The van der Waals surface area contributed by atoms with Crippen molar-refractivity contribution in [3.05, 3.63) is 35.4 Å². The van der Waals surface area contributed by atoms with Crippen LogP contribution in [0.15, 0.2) is 24.3 Å². The SMILES string of the molecule is CC(C)CCCCCOC(=O)c1ccc(C(=O)O)cc1. The standard InChI is InChI=1S/C16H22O4/c1-12(2)6-4-3-5-11-20-16(19)14-9-7-13(8-10-14)15(17)18/h7-10,12H,3-6,11H2,1-2H3,(H,17,18). The Labute approximate surface area is 119 Å². The van der Waals surface area contributed by atoms with E-state index in [9.17, 15) is 9.59 Å². The predicted molar refractivity (Wildman–Crippen MR) is 77.0 cm³/mol. The van der Waals surface area contributed by atoms with Crippen LogP contribution in [0.4, 0.5) is 0 Å². The Bertz CT molecular complexity index is 434. The van der Waals surface area contributed by atoms with E-state index in [4.69, 9.17) is 9.84 Å². The Morgan fingerprint density at radius 2 is 1.65 bits per heavy atom. The first kappa shape index (κ1) is 16.2. The number of benzene rings is 1. The first-order valence-corrected chi connectivity index (χ1v) is 7.01. The molecule has 0 aromatic heterocycles. The summed E-state index contributed by atoms with van der Waals surface area (Å²) in [4.78, 5) is 22.4.